The standard InChI is InChI=1S/C22H27N3O3/c1-4-25-20(26)15-18(21(25)17-7-5-6-8-19(17)28-3)22(27)24(2)14-11-16-9-12-23-13-10-16/h5-10,12-13,18,21H,4,11,14-15H2,1-3H3/t18-,21+/m1/s1. The molecule has 1 fully saturated rings. The van der Waals surface area contributed by atoms with Crippen LogP contribution in [0, 0.1) is 5.92 Å². The molecule has 1 saturated heterocycles. The predicted octanol–water partition coefficient (Wildman–Crippen LogP) is 2.70. The van der Waals surface area contributed by atoms with Crippen LogP contribution in [0.2, 0.25) is 0 Å². The molecule has 0 bridgehead atoms. The second kappa shape index (κ2) is 8.87. The highest BCUT2D eigenvalue weighted by molar-refractivity contribution is 5.90. The van der Waals surface area contributed by atoms with Crippen molar-refractivity contribution in [2.24, 2.45) is 5.92 Å². The monoisotopic (exact) mass is 381 g/mol. The van der Waals surface area contributed by atoms with E-state index in [2.05, 4.69) is 4.98 Å². The average molecular weight is 381 g/mol. The first-order valence-corrected chi connectivity index (χ1v) is 9.63. The lowest BCUT2D eigenvalue weighted by Gasteiger charge is -2.30. The van der Waals surface area contributed by atoms with E-state index in [1.807, 2.05) is 50.4 Å². The van der Waals surface area contributed by atoms with Gasteiger partial charge in [-0.25, -0.2) is 0 Å². The van der Waals surface area contributed by atoms with Crippen molar-refractivity contribution in [2.75, 3.05) is 27.2 Å². The van der Waals surface area contributed by atoms with Gasteiger partial charge < -0.3 is 14.5 Å². The van der Waals surface area contributed by atoms with E-state index in [0.29, 0.717) is 18.8 Å². The first-order chi connectivity index (χ1) is 13.6. The zero-order valence-electron chi connectivity index (χ0n) is 16.7. The molecule has 6 heteroatoms. The number of hydrogen-bond donors (Lipinski definition) is 0. The summed E-state index contributed by atoms with van der Waals surface area (Å²) in [5.74, 6) is 0.303. The number of benzene rings is 1. The molecule has 0 N–H and O–H groups in total. The third-order valence-corrected chi connectivity index (χ3v) is 5.41. The Bertz CT molecular complexity index is 825. The van der Waals surface area contributed by atoms with Crippen LogP contribution in [0.1, 0.15) is 30.5 Å². The third kappa shape index (κ3) is 4.01. The van der Waals surface area contributed by atoms with Crippen molar-refractivity contribution >= 4 is 11.8 Å². The maximum Gasteiger partial charge on any atom is 0.228 e. The molecule has 0 radical (unpaired) electrons. The number of likely N-dealkylation sites (N-methyl/N-ethyl adjacent to an activating group) is 1. The molecule has 1 aromatic heterocycles. The first-order valence-electron chi connectivity index (χ1n) is 9.63. The largest absolute Gasteiger partial charge is 0.496 e. The molecule has 2 heterocycles. The normalized spacial score (nSPS) is 19.0. The Balaban J connectivity index is 1.81. The number of para-hydroxylation sites is 1. The summed E-state index contributed by atoms with van der Waals surface area (Å²) in [6.45, 7) is 3.10. The molecule has 0 spiro atoms. The van der Waals surface area contributed by atoms with E-state index in [-0.39, 0.29) is 24.3 Å². The Morgan fingerprint density at radius 3 is 2.64 bits per heavy atom. The van der Waals surface area contributed by atoms with Crippen molar-refractivity contribution in [3.8, 4) is 5.75 Å². The molecule has 1 aromatic carbocycles. The second-order valence-electron chi connectivity index (χ2n) is 7.04. The minimum atomic E-state index is -0.411. The Morgan fingerprint density at radius 1 is 1.25 bits per heavy atom. The fourth-order valence-corrected chi connectivity index (χ4v) is 3.92. The van der Waals surface area contributed by atoms with Gasteiger partial charge in [-0.05, 0) is 37.1 Å². The fraction of sp³-hybridized carbons (Fsp3) is 0.409. The van der Waals surface area contributed by atoms with Crippen LogP contribution in [0.3, 0.4) is 0 Å². The maximum absolute atomic E-state index is 13.3. The van der Waals surface area contributed by atoms with Gasteiger partial charge in [0.2, 0.25) is 11.8 Å². The number of carbonyl (C=O) groups is 2. The van der Waals surface area contributed by atoms with Crippen molar-refractivity contribution in [1.82, 2.24) is 14.8 Å². The molecule has 0 saturated carbocycles. The summed E-state index contributed by atoms with van der Waals surface area (Å²) in [6.07, 6.45) is 4.49. The molecule has 0 unspecified atom stereocenters. The number of aromatic nitrogens is 1. The molecule has 2 amide bonds. The van der Waals surface area contributed by atoms with Gasteiger partial charge in [-0.1, -0.05) is 18.2 Å². The number of amides is 2. The minimum absolute atomic E-state index is 0.00531. The molecule has 2 atom stereocenters. The molecule has 2 aromatic rings. The van der Waals surface area contributed by atoms with Crippen LogP contribution in [0.4, 0.5) is 0 Å². The van der Waals surface area contributed by atoms with Crippen LogP contribution in [-0.2, 0) is 16.0 Å². The topological polar surface area (TPSA) is 62.7 Å². The summed E-state index contributed by atoms with van der Waals surface area (Å²) in [6, 6.07) is 11.2. The van der Waals surface area contributed by atoms with Gasteiger partial charge in [-0.2, -0.15) is 0 Å². The SMILES string of the molecule is CCN1C(=O)C[C@@H](C(=O)N(C)CCc2ccncc2)[C@@H]1c1ccccc1OC. The van der Waals surface area contributed by atoms with Gasteiger partial charge in [0.05, 0.1) is 19.1 Å². The molecule has 1 aliphatic rings. The summed E-state index contributed by atoms with van der Waals surface area (Å²) in [7, 11) is 3.42. The number of nitrogens with zero attached hydrogens (tertiary/aromatic N) is 3. The average Bonchev–Trinajstić information content (AvgIpc) is 3.07. The number of hydrogen-bond acceptors (Lipinski definition) is 4. The summed E-state index contributed by atoms with van der Waals surface area (Å²) in [5.41, 5.74) is 2.02. The summed E-state index contributed by atoms with van der Waals surface area (Å²) in [4.78, 5) is 33.4. The minimum Gasteiger partial charge on any atom is -0.496 e. The molecular formula is C22H27N3O3. The Kier molecular flexibility index (Phi) is 6.29. The predicted molar refractivity (Wildman–Crippen MR) is 107 cm³/mol. The highest BCUT2D eigenvalue weighted by Crippen LogP contribution is 2.42. The molecule has 28 heavy (non-hydrogen) atoms. The van der Waals surface area contributed by atoms with Crippen LogP contribution >= 0.6 is 0 Å². The second-order valence-corrected chi connectivity index (χ2v) is 7.04. The number of ether oxygens (including phenoxy) is 1. The number of likely N-dealkylation sites (tertiary alicyclic amines) is 1. The van der Waals surface area contributed by atoms with Crippen LogP contribution in [0.5, 0.6) is 5.75 Å². The molecule has 3 rings (SSSR count). The van der Waals surface area contributed by atoms with Crippen molar-refractivity contribution in [3.05, 3.63) is 59.9 Å². The fourth-order valence-electron chi connectivity index (χ4n) is 3.92. The molecule has 6 nitrogen and oxygen atoms in total. The highest BCUT2D eigenvalue weighted by Gasteiger charge is 2.45. The van der Waals surface area contributed by atoms with Crippen LogP contribution in [0.25, 0.3) is 0 Å². The van der Waals surface area contributed by atoms with Gasteiger partial charge in [0.1, 0.15) is 5.75 Å². The first kappa shape index (κ1) is 19.9. The summed E-state index contributed by atoms with van der Waals surface area (Å²) < 4.78 is 5.51. The smallest absolute Gasteiger partial charge is 0.228 e. The van der Waals surface area contributed by atoms with E-state index < -0.39 is 5.92 Å². The number of pyridine rings is 1. The van der Waals surface area contributed by atoms with Crippen molar-refractivity contribution in [2.45, 2.75) is 25.8 Å². The van der Waals surface area contributed by atoms with E-state index in [0.717, 1.165) is 17.5 Å². The van der Waals surface area contributed by atoms with Crippen LogP contribution in [-0.4, -0.2) is 53.8 Å². The van der Waals surface area contributed by atoms with E-state index in [4.69, 9.17) is 4.74 Å². The van der Waals surface area contributed by atoms with Gasteiger partial charge in [-0.3, -0.25) is 14.6 Å². The van der Waals surface area contributed by atoms with Gasteiger partial charge >= 0.3 is 0 Å². The lowest BCUT2D eigenvalue weighted by molar-refractivity contribution is -0.135. The van der Waals surface area contributed by atoms with Gasteiger partial charge in [0.25, 0.3) is 0 Å². The van der Waals surface area contributed by atoms with Crippen molar-refractivity contribution < 1.29 is 14.3 Å². The molecule has 0 aliphatic carbocycles. The van der Waals surface area contributed by atoms with E-state index in [9.17, 15) is 9.59 Å². The van der Waals surface area contributed by atoms with Gasteiger partial charge in [0, 0.05) is 44.5 Å². The molecular weight excluding hydrogens is 354 g/mol. The summed E-state index contributed by atoms with van der Waals surface area (Å²) in [5, 5.41) is 0. The quantitative estimate of drug-likeness (QED) is 0.740. The van der Waals surface area contributed by atoms with E-state index >= 15 is 0 Å². The third-order valence-electron chi connectivity index (χ3n) is 5.41. The van der Waals surface area contributed by atoms with E-state index in [1.165, 1.54) is 0 Å². The Labute approximate surface area is 166 Å². The van der Waals surface area contributed by atoms with Gasteiger partial charge in [-0.15, -0.1) is 0 Å². The van der Waals surface area contributed by atoms with E-state index in [1.54, 1.807) is 29.3 Å². The van der Waals surface area contributed by atoms with Crippen LogP contribution in [0.15, 0.2) is 48.8 Å². The van der Waals surface area contributed by atoms with Crippen molar-refractivity contribution in [1.29, 1.82) is 0 Å². The van der Waals surface area contributed by atoms with Gasteiger partial charge in [0.15, 0.2) is 0 Å². The van der Waals surface area contributed by atoms with Crippen molar-refractivity contribution in [3.63, 3.8) is 0 Å². The molecule has 148 valence electrons. The number of rotatable bonds is 7. The Morgan fingerprint density at radius 2 is 1.96 bits per heavy atom. The Hall–Kier alpha value is -2.89. The zero-order chi connectivity index (χ0) is 20.1. The maximum atomic E-state index is 13.3. The highest BCUT2D eigenvalue weighted by atomic mass is 16.5. The number of carbonyl (C=O) groups excluding carboxylic acids is 2. The summed E-state index contributed by atoms with van der Waals surface area (Å²) >= 11 is 0. The number of methoxy groups -OCH3 is 1. The molecule has 1 aliphatic heterocycles. The lowest BCUT2D eigenvalue weighted by atomic mass is 9.91. The lowest BCUT2D eigenvalue weighted by Crippen LogP contribution is -2.38. The zero-order valence-corrected chi connectivity index (χ0v) is 16.7. The van der Waals surface area contributed by atoms with Crippen LogP contribution < -0.4 is 4.74 Å².